The third kappa shape index (κ3) is 4.19. The number of aliphatic hydroxyl groups is 1. The molecule has 1 aromatic carbocycles. The van der Waals surface area contributed by atoms with Gasteiger partial charge in [0.25, 0.3) is 0 Å². The minimum atomic E-state index is -1.48. The second kappa shape index (κ2) is 6.65. The van der Waals surface area contributed by atoms with Gasteiger partial charge in [0, 0.05) is 5.02 Å². The molecule has 0 amide bonds. The largest absolute Gasteiger partial charge is 0.481 e. The van der Waals surface area contributed by atoms with Crippen LogP contribution in [0.1, 0.15) is 25.7 Å². The van der Waals surface area contributed by atoms with Crippen molar-refractivity contribution in [1.29, 1.82) is 0 Å². The van der Waals surface area contributed by atoms with Gasteiger partial charge in [-0.1, -0.05) is 23.2 Å². The first-order chi connectivity index (χ1) is 9.81. The maximum atomic E-state index is 12.4. The van der Waals surface area contributed by atoms with E-state index in [0.29, 0.717) is 40.6 Å². The zero-order valence-electron chi connectivity index (χ0n) is 11.2. The number of halogens is 2. The van der Waals surface area contributed by atoms with Gasteiger partial charge in [0.05, 0.1) is 38.0 Å². The Morgan fingerprint density at radius 1 is 1.33 bits per heavy atom. The van der Waals surface area contributed by atoms with Crippen molar-refractivity contribution in [1.82, 2.24) is 0 Å². The molecular formula is C14H16Cl2O4S. The summed E-state index contributed by atoms with van der Waals surface area (Å²) in [6.45, 7) is 0. The fourth-order valence-corrected chi connectivity index (χ4v) is 4.61. The average molecular weight is 351 g/mol. The minimum Gasteiger partial charge on any atom is -0.481 e. The van der Waals surface area contributed by atoms with E-state index in [2.05, 4.69) is 0 Å². The van der Waals surface area contributed by atoms with Gasteiger partial charge in [0.2, 0.25) is 0 Å². The van der Waals surface area contributed by atoms with Gasteiger partial charge in [-0.25, -0.2) is 0 Å². The summed E-state index contributed by atoms with van der Waals surface area (Å²) < 4.78 is 12.4. The number of carboxylic acid groups (broad SMARTS) is 1. The van der Waals surface area contributed by atoms with Gasteiger partial charge in [0.15, 0.2) is 0 Å². The van der Waals surface area contributed by atoms with Crippen LogP contribution in [0.2, 0.25) is 10.0 Å². The summed E-state index contributed by atoms with van der Waals surface area (Å²) in [4.78, 5) is 11.3. The van der Waals surface area contributed by atoms with E-state index in [1.165, 1.54) is 6.07 Å². The zero-order chi connectivity index (χ0) is 15.6. The Balaban J connectivity index is 2.06. The number of hydrogen-bond acceptors (Lipinski definition) is 3. The van der Waals surface area contributed by atoms with Gasteiger partial charge in [-0.05, 0) is 43.9 Å². The van der Waals surface area contributed by atoms with Crippen LogP contribution in [-0.4, -0.2) is 31.7 Å². The first-order valence-electron chi connectivity index (χ1n) is 6.59. The molecule has 1 atom stereocenters. The normalized spacial score (nSPS) is 27.3. The molecule has 4 nitrogen and oxygen atoms in total. The average Bonchev–Trinajstić information content (AvgIpc) is 2.41. The predicted molar refractivity (Wildman–Crippen MR) is 82.3 cm³/mol. The molecule has 7 heteroatoms. The highest BCUT2D eigenvalue weighted by Gasteiger charge is 2.37. The molecule has 0 bridgehead atoms. The third-order valence-electron chi connectivity index (χ3n) is 3.80. The molecule has 1 fully saturated rings. The number of hydrogen-bond donors (Lipinski definition) is 2. The molecule has 1 aromatic rings. The summed E-state index contributed by atoms with van der Waals surface area (Å²) in [5.41, 5.74) is -1.11. The van der Waals surface area contributed by atoms with Crippen molar-refractivity contribution >= 4 is 40.0 Å². The van der Waals surface area contributed by atoms with E-state index in [0.717, 1.165) is 0 Å². The van der Waals surface area contributed by atoms with Gasteiger partial charge in [-0.2, -0.15) is 0 Å². The van der Waals surface area contributed by atoms with Crippen molar-refractivity contribution in [2.24, 2.45) is 5.92 Å². The van der Waals surface area contributed by atoms with Crippen LogP contribution in [0.3, 0.4) is 0 Å². The molecule has 1 aliphatic carbocycles. The van der Waals surface area contributed by atoms with E-state index in [1.807, 2.05) is 0 Å². The van der Waals surface area contributed by atoms with Crippen molar-refractivity contribution in [3.05, 3.63) is 28.2 Å². The third-order valence-corrected chi connectivity index (χ3v) is 6.11. The van der Waals surface area contributed by atoms with E-state index in [1.54, 1.807) is 12.1 Å². The predicted octanol–water partition coefficient (Wildman–Crippen LogP) is 3.11. The molecule has 1 saturated carbocycles. The van der Waals surface area contributed by atoms with Crippen molar-refractivity contribution in [3.8, 4) is 0 Å². The standard InChI is InChI=1S/C14H16Cl2O4S/c15-10-1-2-11(16)12(7-10)21(20)8-14(19)5-3-9(4-6-14)13(17)18/h1-2,7,9,19H,3-6,8H2,(H,17,18). The quantitative estimate of drug-likeness (QED) is 0.874. The number of rotatable bonds is 4. The first-order valence-corrected chi connectivity index (χ1v) is 8.67. The van der Waals surface area contributed by atoms with Crippen molar-refractivity contribution < 1.29 is 19.2 Å². The highest BCUT2D eigenvalue weighted by molar-refractivity contribution is 7.85. The summed E-state index contributed by atoms with van der Waals surface area (Å²) in [6.07, 6.45) is 1.44. The molecule has 116 valence electrons. The van der Waals surface area contributed by atoms with Crippen LogP contribution in [0.25, 0.3) is 0 Å². The monoisotopic (exact) mass is 350 g/mol. The maximum absolute atomic E-state index is 12.4. The lowest BCUT2D eigenvalue weighted by Crippen LogP contribution is -2.40. The lowest BCUT2D eigenvalue weighted by Gasteiger charge is -2.34. The van der Waals surface area contributed by atoms with Gasteiger partial charge in [0.1, 0.15) is 0 Å². The maximum Gasteiger partial charge on any atom is 0.306 e. The lowest BCUT2D eigenvalue weighted by molar-refractivity contribution is -0.144. The Bertz CT molecular complexity index is 568. The first kappa shape index (κ1) is 16.7. The number of aliphatic carboxylic acids is 1. The van der Waals surface area contributed by atoms with E-state index < -0.39 is 28.3 Å². The van der Waals surface area contributed by atoms with Crippen molar-refractivity contribution in [2.75, 3.05) is 5.75 Å². The fraction of sp³-hybridized carbons (Fsp3) is 0.500. The highest BCUT2D eigenvalue weighted by Crippen LogP contribution is 2.34. The van der Waals surface area contributed by atoms with Crippen LogP contribution >= 0.6 is 23.2 Å². The van der Waals surface area contributed by atoms with Crippen LogP contribution in [0, 0.1) is 5.92 Å². The smallest absolute Gasteiger partial charge is 0.306 e. The molecule has 2 rings (SSSR count). The van der Waals surface area contributed by atoms with E-state index >= 15 is 0 Å². The number of carbonyl (C=O) groups is 1. The molecule has 21 heavy (non-hydrogen) atoms. The molecule has 1 unspecified atom stereocenters. The molecule has 0 heterocycles. The Hall–Kier alpha value is -0.620. The summed E-state index contributed by atoms with van der Waals surface area (Å²) >= 11 is 11.9. The molecule has 0 spiro atoms. The van der Waals surface area contributed by atoms with Crippen LogP contribution in [-0.2, 0) is 15.6 Å². The molecule has 0 aromatic heterocycles. The molecule has 0 saturated heterocycles. The van der Waals surface area contributed by atoms with E-state index in [-0.39, 0.29) is 5.75 Å². The molecular weight excluding hydrogens is 335 g/mol. The van der Waals surface area contributed by atoms with Crippen LogP contribution in [0.4, 0.5) is 0 Å². The molecule has 2 N–H and O–H groups in total. The summed E-state index contributed by atoms with van der Waals surface area (Å²) in [5.74, 6) is -1.22. The minimum absolute atomic E-state index is 0.0411. The molecule has 1 aliphatic rings. The highest BCUT2D eigenvalue weighted by atomic mass is 35.5. The van der Waals surface area contributed by atoms with Gasteiger partial charge in [-0.3, -0.25) is 9.00 Å². The fourth-order valence-electron chi connectivity index (χ4n) is 2.52. The zero-order valence-corrected chi connectivity index (χ0v) is 13.5. The Morgan fingerprint density at radius 3 is 2.52 bits per heavy atom. The van der Waals surface area contributed by atoms with Gasteiger partial charge >= 0.3 is 5.97 Å². The SMILES string of the molecule is O=C(O)C1CCC(O)(CS(=O)c2cc(Cl)ccc2Cl)CC1. The lowest BCUT2D eigenvalue weighted by atomic mass is 9.80. The second-order valence-corrected chi connectivity index (χ2v) is 7.66. The topological polar surface area (TPSA) is 74.6 Å². The van der Waals surface area contributed by atoms with Crippen LogP contribution in [0.5, 0.6) is 0 Å². The number of benzene rings is 1. The summed E-state index contributed by atoms with van der Waals surface area (Å²) in [7, 11) is -1.48. The summed E-state index contributed by atoms with van der Waals surface area (Å²) in [6, 6.07) is 4.71. The van der Waals surface area contributed by atoms with Crippen LogP contribution < -0.4 is 0 Å². The van der Waals surface area contributed by atoms with E-state index in [9.17, 15) is 14.1 Å². The second-order valence-electron chi connectivity index (χ2n) is 5.40. The Morgan fingerprint density at radius 2 is 1.95 bits per heavy atom. The molecule has 0 radical (unpaired) electrons. The van der Waals surface area contributed by atoms with Crippen LogP contribution in [0.15, 0.2) is 23.1 Å². The Labute approximate surface area is 135 Å². The Kier molecular flexibility index (Phi) is 5.30. The number of carboxylic acids is 1. The van der Waals surface area contributed by atoms with Gasteiger partial charge in [-0.15, -0.1) is 0 Å². The summed E-state index contributed by atoms with van der Waals surface area (Å²) in [5, 5.41) is 20.2. The van der Waals surface area contributed by atoms with E-state index in [4.69, 9.17) is 28.3 Å². The van der Waals surface area contributed by atoms with Gasteiger partial charge < -0.3 is 10.2 Å². The molecule has 0 aliphatic heterocycles. The van der Waals surface area contributed by atoms with Crippen molar-refractivity contribution in [3.63, 3.8) is 0 Å². The van der Waals surface area contributed by atoms with Crippen molar-refractivity contribution in [2.45, 2.75) is 36.2 Å².